The van der Waals surface area contributed by atoms with Gasteiger partial charge in [0.25, 0.3) is 5.91 Å². The Morgan fingerprint density at radius 1 is 1.37 bits per heavy atom. The molecule has 1 aromatic heterocycles. The fraction of sp³-hybridized carbons (Fsp3) is 0.462. The zero-order valence-corrected chi connectivity index (χ0v) is 10.6. The van der Waals surface area contributed by atoms with Crippen LogP contribution in [0.3, 0.4) is 0 Å². The van der Waals surface area contributed by atoms with Gasteiger partial charge in [0.05, 0.1) is 0 Å². The predicted octanol–water partition coefficient (Wildman–Crippen LogP) is 0.163. The van der Waals surface area contributed by atoms with Crippen LogP contribution in [-0.4, -0.2) is 29.4 Å². The highest BCUT2D eigenvalue weighted by Crippen LogP contribution is 2.18. The molecule has 0 saturated heterocycles. The summed E-state index contributed by atoms with van der Waals surface area (Å²) in [6.45, 7) is 0.380. The molecule has 0 aromatic carbocycles. The topological polar surface area (TPSA) is 91.1 Å². The third-order valence-corrected chi connectivity index (χ3v) is 2.88. The van der Waals surface area contributed by atoms with Crippen LogP contribution < -0.4 is 16.1 Å². The standard InChI is InChI=1S/C13H17N3O3/c17-11-5-7-14-8-10(11)13(19)15-6-1-2-12(18)16-9-3-4-9/h5,7-9H,1-4,6H2,(H,14,17)(H,15,19)(H,16,18). The Morgan fingerprint density at radius 3 is 2.84 bits per heavy atom. The fourth-order valence-corrected chi connectivity index (χ4v) is 1.67. The van der Waals surface area contributed by atoms with Crippen LogP contribution in [0, 0.1) is 0 Å². The van der Waals surface area contributed by atoms with E-state index in [0.717, 1.165) is 12.8 Å². The second-order valence-electron chi connectivity index (χ2n) is 4.62. The van der Waals surface area contributed by atoms with Crippen molar-refractivity contribution in [2.24, 2.45) is 0 Å². The molecule has 6 heteroatoms. The SMILES string of the molecule is O=C(CCCNC(=O)c1c[nH]ccc1=O)NC1CC1. The summed E-state index contributed by atoms with van der Waals surface area (Å²) in [7, 11) is 0. The smallest absolute Gasteiger partial charge is 0.256 e. The Morgan fingerprint density at radius 2 is 2.16 bits per heavy atom. The third-order valence-electron chi connectivity index (χ3n) is 2.88. The molecule has 2 rings (SSSR count). The molecule has 102 valence electrons. The van der Waals surface area contributed by atoms with Gasteiger partial charge in [0.1, 0.15) is 5.56 Å². The molecule has 1 aromatic rings. The average molecular weight is 263 g/mol. The van der Waals surface area contributed by atoms with E-state index in [-0.39, 0.29) is 16.9 Å². The number of H-pyrrole nitrogens is 1. The minimum Gasteiger partial charge on any atom is -0.367 e. The quantitative estimate of drug-likeness (QED) is 0.639. The fourth-order valence-electron chi connectivity index (χ4n) is 1.67. The number of nitrogens with one attached hydrogen (secondary N) is 3. The van der Waals surface area contributed by atoms with Crippen LogP contribution >= 0.6 is 0 Å². The first kappa shape index (κ1) is 13.3. The van der Waals surface area contributed by atoms with Crippen LogP contribution in [0.1, 0.15) is 36.0 Å². The number of aromatic nitrogens is 1. The van der Waals surface area contributed by atoms with Gasteiger partial charge >= 0.3 is 0 Å². The highest BCUT2D eigenvalue weighted by molar-refractivity contribution is 5.93. The van der Waals surface area contributed by atoms with Gasteiger partial charge in [0.2, 0.25) is 5.91 Å². The molecule has 1 aliphatic rings. The van der Waals surface area contributed by atoms with Crippen LogP contribution in [-0.2, 0) is 4.79 Å². The van der Waals surface area contributed by atoms with E-state index in [4.69, 9.17) is 0 Å². The Kier molecular flexibility index (Phi) is 4.33. The molecule has 1 saturated carbocycles. The maximum absolute atomic E-state index is 11.7. The van der Waals surface area contributed by atoms with Crippen LogP contribution in [0.2, 0.25) is 0 Å². The zero-order valence-electron chi connectivity index (χ0n) is 10.6. The van der Waals surface area contributed by atoms with Crippen molar-refractivity contribution >= 4 is 11.8 Å². The van der Waals surface area contributed by atoms with Crippen molar-refractivity contribution in [1.82, 2.24) is 15.6 Å². The molecule has 0 unspecified atom stereocenters. The monoisotopic (exact) mass is 263 g/mol. The summed E-state index contributed by atoms with van der Waals surface area (Å²) in [6, 6.07) is 1.67. The first-order valence-corrected chi connectivity index (χ1v) is 6.41. The molecule has 0 aliphatic heterocycles. The second kappa shape index (κ2) is 6.17. The highest BCUT2D eigenvalue weighted by atomic mass is 16.2. The molecule has 0 bridgehead atoms. The number of amides is 2. The third kappa shape index (κ3) is 4.24. The van der Waals surface area contributed by atoms with Gasteiger partial charge in [-0.2, -0.15) is 0 Å². The molecule has 1 fully saturated rings. The predicted molar refractivity (Wildman–Crippen MR) is 69.8 cm³/mol. The molecular weight excluding hydrogens is 246 g/mol. The largest absolute Gasteiger partial charge is 0.367 e. The van der Waals surface area contributed by atoms with E-state index in [1.165, 1.54) is 18.5 Å². The summed E-state index contributed by atoms with van der Waals surface area (Å²) in [5, 5.41) is 5.50. The summed E-state index contributed by atoms with van der Waals surface area (Å²) in [5.41, 5.74) is -0.229. The van der Waals surface area contributed by atoms with Crippen molar-refractivity contribution in [3.63, 3.8) is 0 Å². The number of aromatic amines is 1. The first-order chi connectivity index (χ1) is 9.16. The molecule has 0 atom stereocenters. The number of rotatable bonds is 6. The summed E-state index contributed by atoms with van der Waals surface area (Å²) in [6.07, 6.45) is 5.94. The number of carbonyl (C=O) groups excluding carboxylic acids is 2. The van der Waals surface area contributed by atoms with E-state index < -0.39 is 5.91 Å². The lowest BCUT2D eigenvalue weighted by molar-refractivity contribution is -0.121. The summed E-state index contributed by atoms with van der Waals surface area (Å²) < 4.78 is 0. The number of pyridine rings is 1. The summed E-state index contributed by atoms with van der Waals surface area (Å²) in [4.78, 5) is 37.1. The van der Waals surface area contributed by atoms with Crippen LogP contribution in [0.25, 0.3) is 0 Å². The van der Waals surface area contributed by atoms with Gasteiger partial charge in [-0.15, -0.1) is 0 Å². The molecule has 0 radical (unpaired) electrons. The maximum Gasteiger partial charge on any atom is 0.256 e. The first-order valence-electron chi connectivity index (χ1n) is 6.41. The molecule has 0 spiro atoms. The van der Waals surface area contributed by atoms with Crippen molar-refractivity contribution in [2.45, 2.75) is 31.7 Å². The van der Waals surface area contributed by atoms with E-state index in [9.17, 15) is 14.4 Å². The molecular formula is C13H17N3O3. The Labute approximate surface area is 110 Å². The molecule has 6 nitrogen and oxygen atoms in total. The van der Waals surface area contributed by atoms with Gasteiger partial charge in [-0.1, -0.05) is 0 Å². The molecule has 3 N–H and O–H groups in total. The van der Waals surface area contributed by atoms with Crippen LogP contribution in [0.15, 0.2) is 23.3 Å². The van der Waals surface area contributed by atoms with Gasteiger partial charge in [0.15, 0.2) is 5.43 Å². The lowest BCUT2D eigenvalue weighted by atomic mass is 10.2. The van der Waals surface area contributed by atoms with Gasteiger partial charge in [-0.05, 0) is 19.3 Å². The molecule has 1 aliphatic carbocycles. The summed E-state index contributed by atoms with van der Waals surface area (Å²) >= 11 is 0. The van der Waals surface area contributed by atoms with Crippen molar-refractivity contribution in [3.8, 4) is 0 Å². The maximum atomic E-state index is 11.7. The minimum absolute atomic E-state index is 0.0225. The Balaban J connectivity index is 1.67. The van der Waals surface area contributed by atoms with Crippen molar-refractivity contribution in [2.75, 3.05) is 6.54 Å². The highest BCUT2D eigenvalue weighted by Gasteiger charge is 2.22. The lowest BCUT2D eigenvalue weighted by Gasteiger charge is -2.05. The summed E-state index contributed by atoms with van der Waals surface area (Å²) in [5.74, 6) is -0.390. The van der Waals surface area contributed by atoms with E-state index in [0.29, 0.717) is 25.4 Å². The Bertz CT molecular complexity index is 520. The molecule has 1 heterocycles. The average Bonchev–Trinajstić information content (AvgIpc) is 3.19. The van der Waals surface area contributed by atoms with Crippen molar-refractivity contribution in [1.29, 1.82) is 0 Å². The normalized spacial score (nSPS) is 13.9. The van der Waals surface area contributed by atoms with Gasteiger partial charge in [0, 0.05) is 37.5 Å². The molecule has 2 amide bonds. The lowest BCUT2D eigenvalue weighted by Crippen LogP contribution is -2.30. The number of hydrogen-bond acceptors (Lipinski definition) is 3. The van der Waals surface area contributed by atoms with Gasteiger partial charge in [-0.25, -0.2) is 0 Å². The van der Waals surface area contributed by atoms with Crippen molar-refractivity contribution < 1.29 is 9.59 Å². The Hall–Kier alpha value is -2.11. The van der Waals surface area contributed by atoms with Gasteiger partial charge in [-0.3, -0.25) is 14.4 Å². The van der Waals surface area contributed by atoms with Crippen LogP contribution in [0.5, 0.6) is 0 Å². The molecule has 19 heavy (non-hydrogen) atoms. The minimum atomic E-state index is -0.413. The zero-order chi connectivity index (χ0) is 13.7. The second-order valence-corrected chi connectivity index (χ2v) is 4.62. The number of hydrogen-bond donors (Lipinski definition) is 3. The number of carbonyl (C=O) groups is 2. The van der Waals surface area contributed by atoms with Crippen LogP contribution in [0.4, 0.5) is 0 Å². The van der Waals surface area contributed by atoms with E-state index in [2.05, 4.69) is 15.6 Å². The van der Waals surface area contributed by atoms with Crippen molar-refractivity contribution in [3.05, 3.63) is 34.2 Å². The van der Waals surface area contributed by atoms with E-state index in [1.54, 1.807) is 0 Å². The van der Waals surface area contributed by atoms with E-state index in [1.807, 2.05) is 0 Å². The van der Waals surface area contributed by atoms with Gasteiger partial charge < -0.3 is 15.6 Å². The van der Waals surface area contributed by atoms with E-state index >= 15 is 0 Å².